The fourth-order valence-electron chi connectivity index (χ4n) is 4.62. The summed E-state index contributed by atoms with van der Waals surface area (Å²) in [6, 6.07) is 13.7. The molecule has 0 unspecified atom stereocenters. The van der Waals surface area contributed by atoms with Crippen LogP contribution in [-0.4, -0.2) is 25.5 Å². The second kappa shape index (κ2) is 6.47. The van der Waals surface area contributed by atoms with Crippen LogP contribution in [0.5, 0.6) is 17.2 Å². The molecule has 0 radical (unpaired) electrons. The van der Waals surface area contributed by atoms with E-state index in [4.69, 9.17) is 14.2 Å². The third-order valence-electron chi connectivity index (χ3n) is 5.93. The Bertz CT molecular complexity index is 794. The van der Waals surface area contributed by atoms with E-state index < -0.39 is 0 Å². The summed E-state index contributed by atoms with van der Waals surface area (Å²) in [6.45, 7) is 0.896. The summed E-state index contributed by atoms with van der Waals surface area (Å²) < 4.78 is 30.3. The van der Waals surface area contributed by atoms with E-state index in [-0.39, 0.29) is 12.6 Å². The minimum atomic E-state index is -0.182. The van der Waals surface area contributed by atoms with E-state index in [9.17, 15) is 4.39 Å². The molecular weight excluding hydrogens is 333 g/mol. The molecule has 136 valence electrons. The van der Waals surface area contributed by atoms with Crippen LogP contribution in [0.25, 0.3) is 0 Å². The van der Waals surface area contributed by atoms with E-state index in [1.54, 1.807) is 12.1 Å². The fraction of sp³-hybridized carbons (Fsp3) is 0.429. The predicted molar refractivity (Wildman–Crippen MR) is 95.3 cm³/mol. The van der Waals surface area contributed by atoms with Gasteiger partial charge in [-0.05, 0) is 55.0 Å². The van der Waals surface area contributed by atoms with Gasteiger partial charge in [-0.25, -0.2) is 4.39 Å². The number of hydrogen-bond donors (Lipinski definition) is 1. The Kier molecular flexibility index (Phi) is 3.97. The zero-order valence-corrected chi connectivity index (χ0v) is 14.5. The van der Waals surface area contributed by atoms with Crippen molar-refractivity contribution in [3.05, 3.63) is 53.8 Å². The Morgan fingerprint density at radius 3 is 2.77 bits per heavy atom. The van der Waals surface area contributed by atoms with Gasteiger partial charge in [-0.15, -0.1) is 0 Å². The van der Waals surface area contributed by atoms with Crippen LogP contribution in [0.1, 0.15) is 30.7 Å². The largest absolute Gasteiger partial charge is 0.493 e. The fourth-order valence-corrected chi connectivity index (χ4v) is 4.62. The summed E-state index contributed by atoms with van der Waals surface area (Å²) in [5.41, 5.74) is 1.21. The lowest BCUT2D eigenvalue weighted by Gasteiger charge is -2.38. The number of piperidine rings is 1. The first-order valence-corrected chi connectivity index (χ1v) is 9.30. The van der Waals surface area contributed by atoms with Gasteiger partial charge in [0.05, 0.1) is 6.61 Å². The van der Waals surface area contributed by atoms with E-state index in [1.165, 1.54) is 18.4 Å². The maximum absolute atomic E-state index is 13.3. The van der Waals surface area contributed by atoms with Gasteiger partial charge in [0, 0.05) is 24.1 Å². The van der Waals surface area contributed by atoms with Gasteiger partial charge >= 0.3 is 0 Å². The number of benzene rings is 2. The molecule has 26 heavy (non-hydrogen) atoms. The van der Waals surface area contributed by atoms with Crippen LogP contribution in [0.3, 0.4) is 0 Å². The van der Waals surface area contributed by atoms with Crippen LogP contribution in [0.2, 0.25) is 0 Å². The van der Waals surface area contributed by atoms with E-state index in [0.29, 0.717) is 30.5 Å². The Labute approximate surface area is 152 Å². The maximum atomic E-state index is 13.3. The summed E-state index contributed by atoms with van der Waals surface area (Å²) in [5.74, 6) is 2.87. The zero-order chi connectivity index (χ0) is 17.5. The van der Waals surface area contributed by atoms with Crippen molar-refractivity contribution in [2.24, 2.45) is 5.92 Å². The third kappa shape index (κ3) is 2.90. The molecule has 5 heteroatoms. The number of halogens is 1. The van der Waals surface area contributed by atoms with Crippen molar-refractivity contribution in [2.75, 3.05) is 13.4 Å². The van der Waals surface area contributed by atoms with E-state index in [0.717, 1.165) is 23.7 Å². The van der Waals surface area contributed by atoms with Crippen molar-refractivity contribution in [3.8, 4) is 17.2 Å². The molecule has 1 N–H and O–H groups in total. The van der Waals surface area contributed by atoms with E-state index >= 15 is 0 Å². The number of fused-ring (bicyclic) bond motifs is 3. The first kappa shape index (κ1) is 15.9. The van der Waals surface area contributed by atoms with Crippen LogP contribution in [0, 0.1) is 11.7 Å². The second-order valence-corrected chi connectivity index (χ2v) is 7.43. The van der Waals surface area contributed by atoms with Crippen molar-refractivity contribution in [1.29, 1.82) is 0 Å². The molecule has 0 aliphatic carbocycles. The molecule has 2 aromatic carbocycles. The Balaban J connectivity index is 1.35. The lowest BCUT2D eigenvalue weighted by atomic mass is 9.77. The first-order valence-electron chi connectivity index (χ1n) is 9.30. The van der Waals surface area contributed by atoms with Gasteiger partial charge in [0.15, 0.2) is 11.5 Å². The maximum Gasteiger partial charge on any atom is 0.231 e. The summed E-state index contributed by atoms with van der Waals surface area (Å²) in [7, 11) is 0. The normalized spacial score (nSPS) is 29.0. The van der Waals surface area contributed by atoms with Crippen molar-refractivity contribution < 1.29 is 18.6 Å². The first-order chi connectivity index (χ1) is 12.8. The van der Waals surface area contributed by atoms with Gasteiger partial charge in [0.25, 0.3) is 0 Å². The van der Waals surface area contributed by atoms with Crippen LogP contribution < -0.4 is 19.5 Å². The third-order valence-corrected chi connectivity index (χ3v) is 5.93. The van der Waals surface area contributed by atoms with Gasteiger partial charge in [-0.3, -0.25) is 0 Å². The van der Waals surface area contributed by atoms with Gasteiger partial charge in [0.1, 0.15) is 11.6 Å². The van der Waals surface area contributed by atoms with Crippen LogP contribution in [0.4, 0.5) is 4.39 Å². The second-order valence-electron chi connectivity index (χ2n) is 7.43. The topological polar surface area (TPSA) is 39.7 Å². The molecule has 4 nitrogen and oxygen atoms in total. The van der Waals surface area contributed by atoms with Gasteiger partial charge in [-0.1, -0.05) is 12.1 Å². The number of hydrogen-bond acceptors (Lipinski definition) is 4. The van der Waals surface area contributed by atoms with Crippen LogP contribution >= 0.6 is 0 Å². The van der Waals surface area contributed by atoms with Crippen molar-refractivity contribution in [3.63, 3.8) is 0 Å². The number of ether oxygens (including phenoxy) is 3. The summed E-state index contributed by atoms with van der Waals surface area (Å²) >= 11 is 0. The minimum absolute atomic E-state index is 0.182. The highest BCUT2D eigenvalue weighted by Crippen LogP contribution is 2.42. The molecule has 0 amide bonds. The van der Waals surface area contributed by atoms with Crippen molar-refractivity contribution in [1.82, 2.24) is 5.32 Å². The quantitative estimate of drug-likeness (QED) is 0.904. The lowest BCUT2D eigenvalue weighted by molar-refractivity contribution is 0.158. The zero-order valence-electron chi connectivity index (χ0n) is 14.5. The van der Waals surface area contributed by atoms with E-state index in [1.807, 2.05) is 30.3 Å². The minimum Gasteiger partial charge on any atom is -0.493 e. The molecule has 2 saturated heterocycles. The molecule has 3 aliphatic heterocycles. The Morgan fingerprint density at radius 2 is 1.88 bits per heavy atom. The molecule has 2 fully saturated rings. The van der Waals surface area contributed by atoms with Gasteiger partial charge < -0.3 is 19.5 Å². The molecule has 3 heterocycles. The highest BCUT2D eigenvalue weighted by molar-refractivity contribution is 5.46. The predicted octanol–water partition coefficient (Wildman–Crippen LogP) is 3.86. The summed E-state index contributed by atoms with van der Waals surface area (Å²) in [6.07, 6.45) is 3.47. The van der Waals surface area contributed by atoms with Gasteiger partial charge in [0.2, 0.25) is 6.79 Å². The molecule has 0 saturated carbocycles. The van der Waals surface area contributed by atoms with E-state index in [2.05, 4.69) is 5.32 Å². The molecule has 3 aliphatic rings. The molecular formula is C21H22FNO3. The molecule has 0 aromatic heterocycles. The average Bonchev–Trinajstić information content (AvgIpc) is 3.28. The van der Waals surface area contributed by atoms with Gasteiger partial charge in [-0.2, -0.15) is 0 Å². The van der Waals surface area contributed by atoms with Crippen molar-refractivity contribution in [2.45, 2.75) is 37.3 Å². The Hall–Kier alpha value is -2.27. The highest BCUT2D eigenvalue weighted by Gasteiger charge is 2.42. The smallest absolute Gasteiger partial charge is 0.231 e. The molecule has 4 atom stereocenters. The lowest BCUT2D eigenvalue weighted by Crippen LogP contribution is -2.46. The number of rotatable bonds is 4. The molecule has 0 spiro atoms. The summed E-state index contributed by atoms with van der Waals surface area (Å²) in [4.78, 5) is 0. The summed E-state index contributed by atoms with van der Waals surface area (Å²) in [5, 5.41) is 3.73. The molecule has 2 bridgehead atoms. The number of nitrogens with one attached hydrogen (secondary N) is 1. The molecule has 5 rings (SSSR count). The highest BCUT2D eigenvalue weighted by atomic mass is 19.1. The van der Waals surface area contributed by atoms with Crippen LogP contribution in [0.15, 0.2) is 42.5 Å². The Morgan fingerprint density at radius 1 is 1.04 bits per heavy atom. The monoisotopic (exact) mass is 355 g/mol. The standard InChI is InChI=1S/C21H22FNO3/c22-14-3-1-13(2-4-14)17-9-15-5-7-19(23-15)18(17)11-24-16-6-8-20-21(10-16)26-12-25-20/h1-4,6,8,10,15,17-19,23H,5,7,9,11-12H2/t15-,17+,18-,19+/m1/s1. The SMILES string of the molecule is Fc1ccc([C@@H]2C[C@H]3CC[C@H](N3)[C@@H]2COc2ccc3c(c2)OCO3)cc1. The van der Waals surface area contributed by atoms with Crippen molar-refractivity contribution >= 4 is 0 Å². The average molecular weight is 355 g/mol. The molecule has 2 aromatic rings. The van der Waals surface area contributed by atoms with Crippen LogP contribution in [-0.2, 0) is 0 Å².